The zero-order valence-electron chi connectivity index (χ0n) is 22.0. The van der Waals surface area contributed by atoms with Gasteiger partial charge in [0.2, 0.25) is 0 Å². The van der Waals surface area contributed by atoms with Gasteiger partial charge < -0.3 is 0 Å². The van der Waals surface area contributed by atoms with Gasteiger partial charge in [-0.15, -0.1) is 11.3 Å². The van der Waals surface area contributed by atoms with E-state index in [0.717, 1.165) is 22.1 Å². The maximum absolute atomic E-state index is 5.01. The molecule has 0 radical (unpaired) electrons. The second-order valence-electron chi connectivity index (χ2n) is 10.0. The van der Waals surface area contributed by atoms with Crippen molar-refractivity contribution in [1.29, 1.82) is 0 Å². The Morgan fingerprint density at radius 2 is 0.854 bits per heavy atom. The van der Waals surface area contributed by atoms with Gasteiger partial charge in [0.25, 0.3) is 0 Å². The van der Waals surface area contributed by atoms with E-state index in [1.54, 1.807) is 0 Å². The Kier molecular flexibility index (Phi) is 5.64. The first-order chi connectivity index (χ1) is 20.3. The molecule has 2 aromatic heterocycles. The second kappa shape index (κ2) is 9.77. The highest BCUT2D eigenvalue weighted by atomic mass is 32.1. The molecule has 192 valence electrons. The molecule has 0 aliphatic rings. The summed E-state index contributed by atoms with van der Waals surface area (Å²) in [6.45, 7) is 0. The summed E-state index contributed by atoms with van der Waals surface area (Å²) in [5.41, 5.74) is 5.38. The van der Waals surface area contributed by atoms with Gasteiger partial charge >= 0.3 is 0 Å². The van der Waals surface area contributed by atoms with E-state index in [1.807, 2.05) is 72.0 Å². The van der Waals surface area contributed by atoms with Crippen molar-refractivity contribution >= 4 is 42.3 Å². The Morgan fingerprint density at radius 1 is 0.341 bits per heavy atom. The van der Waals surface area contributed by atoms with Crippen molar-refractivity contribution in [3.63, 3.8) is 0 Å². The molecule has 6 aromatic carbocycles. The third-order valence-corrected chi connectivity index (χ3v) is 8.78. The van der Waals surface area contributed by atoms with Crippen molar-refractivity contribution in [3.05, 3.63) is 140 Å². The molecule has 0 aliphatic heterocycles. The summed E-state index contributed by atoms with van der Waals surface area (Å²) in [5, 5.41) is 4.90. The number of hydrogen-bond donors (Lipinski definition) is 0. The van der Waals surface area contributed by atoms with Crippen LogP contribution in [0.3, 0.4) is 0 Å². The van der Waals surface area contributed by atoms with E-state index in [2.05, 4.69) is 78.9 Å². The summed E-state index contributed by atoms with van der Waals surface area (Å²) in [7, 11) is 0. The second-order valence-corrected chi connectivity index (χ2v) is 11.1. The molecule has 3 nitrogen and oxygen atoms in total. The van der Waals surface area contributed by atoms with Gasteiger partial charge in [0, 0.05) is 42.4 Å². The standard InChI is InChI=1S/C37H23N3S/c1-3-12-24(13-4-1)35-38-36(25-14-5-2-6-15-25)40-37(39-35)32-23-22-28(26-16-7-8-17-27(26)32)30-19-11-20-31-29-18-9-10-21-33(29)41-34(30)31/h1-23H. The Balaban J connectivity index is 1.36. The quantitative estimate of drug-likeness (QED) is 0.222. The lowest BCUT2D eigenvalue weighted by atomic mass is 9.94. The van der Waals surface area contributed by atoms with E-state index in [1.165, 1.54) is 36.7 Å². The van der Waals surface area contributed by atoms with Gasteiger partial charge in [0.1, 0.15) is 0 Å². The molecule has 0 spiro atoms. The Bertz CT molecular complexity index is 2140. The predicted octanol–water partition coefficient (Wildman–Crippen LogP) is 10.1. The van der Waals surface area contributed by atoms with E-state index >= 15 is 0 Å². The highest BCUT2D eigenvalue weighted by molar-refractivity contribution is 7.26. The topological polar surface area (TPSA) is 38.7 Å². The van der Waals surface area contributed by atoms with Crippen molar-refractivity contribution in [1.82, 2.24) is 15.0 Å². The number of aromatic nitrogens is 3. The zero-order chi connectivity index (χ0) is 27.2. The maximum atomic E-state index is 5.01. The van der Waals surface area contributed by atoms with Crippen LogP contribution >= 0.6 is 11.3 Å². The maximum Gasteiger partial charge on any atom is 0.164 e. The molecule has 0 N–H and O–H groups in total. The van der Waals surface area contributed by atoms with E-state index in [-0.39, 0.29) is 0 Å². The van der Waals surface area contributed by atoms with Gasteiger partial charge in [-0.2, -0.15) is 0 Å². The number of rotatable bonds is 4. The summed E-state index contributed by atoms with van der Waals surface area (Å²) in [5.74, 6) is 2.00. The van der Waals surface area contributed by atoms with E-state index in [0.29, 0.717) is 17.5 Å². The molecule has 0 saturated carbocycles. The van der Waals surface area contributed by atoms with Crippen molar-refractivity contribution in [3.8, 4) is 45.3 Å². The lowest BCUT2D eigenvalue weighted by Crippen LogP contribution is -2.00. The third kappa shape index (κ3) is 4.08. The molecule has 8 rings (SSSR count). The van der Waals surface area contributed by atoms with Crippen molar-refractivity contribution in [2.45, 2.75) is 0 Å². The number of benzene rings is 6. The van der Waals surface area contributed by atoms with Crippen LogP contribution in [0.25, 0.3) is 76.2 Å². The third-order valence-electron chi connectivity index (χ3n) is 7.56. The fourth-order valence-electron chi connectivity index (χ4n) is 5.62. The fourth-order valence-corrected chi connectivity index (χ4v) is 6.85. The molecule has 8 aromatic rings. The van der Waals surface area contributed by atoms with Crippen LogP contribution in [0.15, 0.2) is 140 Å². The summed E-state index contributed by atoms with van der Waals surface area (Å²) >= 11 is 1.86. The van der Waals surface area contributed by atoms with Crippen LogP contribution in [0.5, 0.6) is 0 Å². The molecular formula is C37H23N3S. The molecule has 0 aliphatic carbocycles. The number of nitrogens with zero attached hydrogens (tertiary/aromatic N) is 3. The molecule has 0 bridgehead atoms. The predicted molar refractivity (Wildman–Crippen MR) is 172 cm³/mol. The van der Waals surface area contributed by atoms with Crippen LogP contribution in [-0.2, 0) is 0 Å². The normalized spacial score (nSPS) is 11.4. The smallest absolute Gasteiger partial charge is 0.164 e. The van der Waals surface area contributed by atoms with Gasteiger partial charge in [-0.3, -0.25) is 0 Å². The monoisotopic (exact) mass is 541 g/mol. The minimum absolute atomic E-state index is 0.664. The number of hydrogen-bond acceptors (Lipinski definition) is 4. The average Bonchev–Trinajstić information content (AvgIpc) is 3.44. The molecular weight excluding hydrogens is 518 g/mol. The highest BCUT2D eigenvalue weighted by Crippen LogP contribution is 2.43. The summed E-state index contributed by atoms with van der Waals surface area (Å²) in [6, 6.07) is 48.5. The van der Waals surface area contributed by atoms with Crippen LogP contribution < -0.4 is 0 Å². The minimum Gasteiger partial charge on any atom is -0.208 e. The molecule has 0 amide bonds. The van der Waals surface area contributed by atoms with Crippen molar-refractivity contribution in [2.24, 2.45) is 0 Å². The van der Waals surface area contributed by atoms with E-state index < -0.39 is 0 Å². The molecule has 4 heteroatoms. The fraction of sp³-hybridized carbons (Fsp3) is 0. The van der Waals surface area contributed by atoms with Crippen LogP contribution in [0.2, 0.25) is 0 Å². The van der Waals surface area contributed by atoms with Gasteiger partial charge in [0.05, 0.1) is 0 Å². The van der Waals surface area contributed by atoms with E-state index in [9.17, 15) is 0 Å². The first-order valence-electron chi connectivity index (χ1n) is 13.6. The molecule has 0 fully saturated rings. The number of fused-ring (bicyclic) bond motifs is 4. The largest absolute Gasteiger partial charge is 0.208 e. The summed E-state index contributed by atoms with van der Waals surface area (Å²) in [4.78, 5) is 14.9. The Labute approximate surface area is 241 Å². The van der Waals surface area contributed by atoms with E-state index in [4.69, 9.17) is 15.0 Å². The van der Waals surface area contributed by atoms with Crippen LogP contribution in [0.4, 0.5) is 0 Å². The van der Waals surface area contributed by atoms with Gasteiger partial charge in [0.15, 0.2) is 17.5 Å². The van der Waals surface area contributed by atoms with Gasteiger partial charge in [-0.1, -0.05) is 127 Å². The number of thiophene rings is 1. The molecule has 2 heterocycles. The minimum atomic E-state index is 0.664. The molecule has 41 heavy (non-hydrogen) atoms. The van der Waals surface area contributed by atoms with Gasteiger partial charge in [-0.25, -0.2) is 15.0 Å². The van der Waals surface area contributed by atoms with Crippen molar-refractivity contribution in [2.75, 3.05) is 0 Å². The van der Waals surface area contributed by atoms with Crippen LogP contribution in [0.1, 0.15) is 0 Å². The Hall–Kier alpha value is -5.19. The SMILES string of the molecule is c1ccc(-c2nc(-c3ccccc3)nc(-c3ccc(-c4cccc5c4sc4ccccc45)c4ccccc34)n2)cc1. The molecule has 0 atom stereocenters. The lowest BCUT2D eigenvalue weighted by Gasteiger charge is -2.13. The first kappa shape index (κ1) is 23.7. The Morgan fingerprint density at radius 3 is 1.54 bits per heavy atom. The summed E-state index contributed by atoms with van der Waals surface area (Å²) < 4.78 is 2.62. The van der Waals surface area contributed by atoms with Crippen LogP contribution in [0, 0.1) is 0 Å². The average molecular weight is 542 g/mol. The summed E-state index contributed by atoms with van der Waals surface area (Å²) in [6.07, 6.45) is 0. The molecule has 0 unspecified atom stereocenters. The van der Waals surface area contributed by atoms with Crippen molar-refractivity contribution < 1.29 is 0 Å². The van der Waals surface area contributed by atoms with Gasteiger partial charge in [-0.05, 0) is 28.5 Å². The first-order valence-corrected chi connectivity index (χ1v) is 14.4. The molecule has 0 saturated heterocycles. The van der Waals surface area contributed by atoms with Crippen LogP contribution in [-0.4, -0.2) is 15.0 Å². The zero-order valence-corrected chi connectivity index (χ0v) is 22.8. The lowest BCUT2D eigenvalue weighted by molar-refractivity contribution is 1.08. The highest BCUT2D eigenvalue weighted by Gasteiger charge is 2.17.